The number of piperidine rings is 1. The fraction of sp³-hybridized carbons (Fsp3) is 0.800. The Bertz CT molecular complexity index is 538. The summed E-state index contributed by atoms with van der Waals surface area (Å²) in [6, 6.07) is 0. The zero-order valence-corrected chi connectivity index (χ0v) is 20.6. The number of rotatable bonds is 9. The molecule has 1 saturated heterocycles. The van der Waals surface area contributed by atoms with Crippen LogP contribution in [0.1, 0.15) is 49.9 Å². The predicted molar refractivity (Wildman–Crippen MR) is 129 cm³/mol. The number of guanidine groups is 1. The Hall–Kier alpha value is -0.410. The first-order valence-electron chi connectivity index (χ1n) is 10.2. The van der Waals surface area contributed by atoms with Gasteiger partial charge in [-0.2, -0.15) is 0 Å². The Kier molecular flexibility index (Phi) is 12.5. The smallest absolute Gasteiger partial charge is 0.191 e. The molecule has 1 aromatic heterocycles. The van der Waals surface area contributed by atoms with Gasteiger partial charge in [0.1, 0.15) is 0 Å². The molecule has 2 atom stereocenters. The summed E-state index contributed by atoms with van der Waals surface area (Å²) in [4.78, 5) is 13.1. The molecular weight excluding hydrogens is 469 g/mol. The molecule has 0 spiro atoms. The van der Waals surface area contributed by atoms with Gasteiger partial charge in [-0.25, -0.2) is 4.98 Å². The summed E-state index contributed by atoms with van der Waals surface area (Å²) < 4.78 is 0. The van der Waals surface area contributed by atoms with E-state index in [2.05, 4.69) is 48.2 Å². The number of nitrogens with zero attached hydrogens (tertiary/aromatic N) is 3. The first-order valence-corrected chi connectivity index (χ1v) is 11.0. The second kappa shape index (κ2) is 13.7. The first kappa shape index (κ1) is 24.6. The van der Waals surface area contributed by atoms with Crippen molar-refractivity contribution < 1.29 is 0 Å². The summed E-state index contributed by atoms with van der Waals surface area (Å²) in [6.45, 7) is 15.4. The van der Waals surface area contributed by atoms with E-state index in [1.54, 1.807) is 11.3 Å². The molecule has 7 heteroatoms. The normalized spacial score (nSPS) is 21.0. The lowest BCUT2D eigenvalue weighted by atomic mass is 9.92. The fourth-order valence-electron chi connectivity index (χ4n) is 3.76. The van der Waals surface area contributed by atoms with Crippen molar-refractivity contribution in [3.8, 4) is 0 Å². The van der Waals surface area contributed by atoms with E-state index in [-0.39, 0.29) is 24.0 Å². The molecule has 1 aliphatic rings. The van der Waals surface area contributed by atoms with Gasteiger partial charge in [0.15, 0.2) is 5.96 Å². The number of thiazole rings is 1. The Morgan fingerprint density at radius 2 is 2.00 bits per heavy atom. The molecule has 2 rings (SSSR count). The van der Waals surface area contributed by atoms with E-state index in [1.165, 1.54) is 42.4 Å². The van der Waals surface area contributed by atoms with Gasteiger partial charge >= 0.3 is 0 Å². The van der Waals surface area contributed by atoms with Crippen LogP contribution in [0.3, 0.4) is 0 Å². The Balaban J connectivity index is 0.00000364. The third-order valence-electron chi connectivity index (χ3n) is 4.74. The molecule has 156 valence electrons. The summed E-state index contributed by atoms with van der Waals surface area (Å²) in [6.07, 6.45) is 6.68. The van der Waals surface area contributed by atoms with Crippen molar-refractivity contribution in [3.05, 3.63) is 16.1 Å². The summed E-state index contributed by atoms with van der Waals surface area (Å²) >= 11 is 1.77. The minimum absolute atomic E-state index is 0. The maximum absolute atomic E-state index is 4.72. The van der Waals surface area contributed by atoms with Gasteiger partial charge in [0.05, 0.1) is 5.01 Å². The number of aliphatic imine (C=N–C) groups is 1. The Morgan fingerprint density at radius 1 is 1.26 bits per heavy atom. The SMILES string of the molecule is CCNC(=NCCCCN1CC(C)CC(C)C1)NCCc1ncc(C)s1.I. The summed E-state index contributed by atoms with van der Waals surface area (Å²) in [5.41, 5.74) is 0. The number of hydrogen-bond donors (Lipinski definition) is 2. The average Bonchev–Trinajstić information content (AvgIpc) is 2.99. The van der Waals surface area contributed by atoms with Crippen LogP contribution in [0, 0.1) is 18.8 Å². The molecule has 0 amide bonds. The molecule has 0 aliphatic carbocycles. The molecule has 0 radical (unpaired) electrons. The third-order valence-corrected chi connectivity index (χ3v) is 5.71. The second-order valence-corrected chi connectivity index (χ2v) is 9.03. The van der Waals surface area contributed by atoms with Crippen molar-refractivity contribution in [2.75, 3.05) is 39.3 Å². The number of aryl methyl sites for hydroxylation is 1. The van der Waals surface area contributed by atoms with Crippen molar-refractivity contribution in [1.82, 2.24) is 20.5 Å². The maximum Gasteiger partial charge on any atom is 0.191 e. The van der Waals surface area contributed by atoms with Crippen LogP contribution in [0.15, 0.2) is 11.2 Å². The highest BCUT2D eigenvalue weighted by Gasteiger charge is 2.20. The van der Waals surface area contributed by atoms with Crippen LogP contribution in [0.25, 0.3) is 0 Å². The van der Waals surface area contributed by atoms with Crippen LogP contribution in [-0.4, -0.2) is 55.1 Å². The number of unbranched alkanes of at least 4 members (excludes halogenated alkanes) is 1. The zero-order chi connectivity index (χ0) is 18.8. The van der Waals surface area contributed by atoms with Gasteiger partial charge in [-0.3, -0.25) is 4.99 Å². The van der Waals surface area contributed by atoms with E-state index in [9.17, 15) is 0 Å². The molecular formula is C20H38IN5S. The number of halogens is 1. The molecule has 1 aromatic rings. The topological polar surface area (TPSA) is 52.6 Å². The third kappa shape index (κ3) is 10.1. The van der Waals surface area contributed by atoms with Gasteiger partial charge in [0.2, 0.25) is 0 Å². The fourth-order valence-corrected chi connectivity index (χ4v) is 4.55. The average molecular weight is 508 g/mol. The van der Waals surface area contributed by atoms with Crippen molar-refractivity contribution in [3.63, 3.8) is 0 Å². The molecule has 2 unspecified atom stereocenters. The molecule has 1 aliphatic heterocycles. The molecule has 2 heterocycles. The van der Waals surface area contributed by atoms with Crippen LogP contribution in [0.5, 0.6) is 0 Å². The quantitative estimate of drug-likeness (QED) is 0.230. The number of aromatic nitrogens is 1. The largest absolute Gasteiger partial charge is 0.357 e. The van der Waals surface area contributed by atoms with Crippen molar-refractivity contribution in [2.24, 2.45) is 16.8 Å². The van der Waals surface area contributed by atoms with Crippen LogP contribution in [0.2, 0.25) is 0 Å². The van der Waals surface area contributed by atoms with Crippen LogP contribution >= 0.6 is 35.3 Å². The maximum atomic E-state index is 4.72. The Labute approximate surface area is 186 Å². The number of hydrogen-bond acceptors (Lipinski definition) is 4. The zero-order valence-electron chi connectivity index (χ0n) is 17.5. The number of nitrogens with one attached hydrogen (secondary N) is 2. The van der Waals surface area contributed by atoms with Crippen LogP contribution < -0.4 is 10.6 Å². The van der Waals surface area contributed by atoms with Crippen molar-refractivity contribution in [2.45, 2.75) is 53.4 Å². The predicted octanol–water partition coefficient (Wildman–Crippen LogP) is 3.93. The minimum atomic E-state index is 0. The van der Waals surface area contributed by atoms with E-state index in [4.69, 9.17) is 4.99 Å². The molecule has 0 bridgehead atoms. The van der Waals surface area contributed by atoms with E-state index < -0.39 is 0 Å². The van der Waals surface area contributed by atoms with Gasteiger partial charge in [0, 0.05) is 50.2 Å². The van der Waals surface area contributed by atoms with Gasteiger partial charge in [-0.05, 0) is 51.5 Å². The van der Waals surface area contributed by atoms with E-state index in [0.29, 0.717) is 0 Å². The van der Waals surface area contributed by atoms with Gasteiger partial charge in [0.25, 0.3) is 0 Å². The standard InChI is InChI=1S/C20H37N5S.HI/c1-5-21-20(23-10-8-19-24-13-18(4)26-19)22-9-6-7-11-25-14-16(2)12-17(3)15-25;/h13,16-17H,5-12,14-15H2,1-4H3,(H2,21,22,23);1H. The van der Waals surface area contributed by atoms with E-state index >= 15 is 0 Å². The van der Waals surface area contributed by atoms with Crippen LogP contribution in [-0.2, 0) is 6.42 Å². The van der Waals surface area contributed by atoms with Crippen molar-refractivity contribution >= 4 is 41.3 Å². The van der Waals surface area contributed by atoms with E-state index in [1.807, 2.05) is 6.20 Å². The molecule has 1 fully saturated rings. The molecule has 27 heavy (non-hydrogen) atoms. The first-order chi connectivity index (χ1) is 12.6. The lowest BCUT2D eigenvalue weighted by molar-refractivity contribution is 0.139. The Morgan fingerprint density at radius 3 is 2.63 bits per heavy atom. The lowest BCUT2D eigenvalue weighted by Crippen LogP contribution is -2.39. The van der Waals surface area contributed by atoms with Gasteiger partial charge < -0.3 is 15.5 Å². The van der Waals surface area contributed by atoms with Gasteiger partial charge in [-0.1, -0.05) is 13.8 Å². The molecule has 0 saturated carbocycles. The molecule has 2 N–H and O–H groups in total. The summed E-state index contributed by atoms with van der Waals surface area (Å²) in [5.74, 6) is 2.63. The highest BCUT2D eigenvalue weighted by atomic mass is 127. The monoisotopic (exact) mass is 507 g/mol. The number of likely N-dealkylation sites (tertiary alicyclic amines) is 1. The summed E-state index contributed by atoms with van der Waals surface area (Å²) in [7, 11) is 0. The highest BCUT2D eigenvalue weighted by molar-refractivity contribution is 14.0. The highest BCUT2D eigenvalue weighted by Crippen LogP contribution is 2.21. The minimum Gasteiger partial charge on any atom is -0.357 e. The van der Waals surface area contributed by atoms with E-state index in [0.717, 1.165) is 50.3 Å². The summed E-state index contributed by atoms with van der Waals surface area (Å²) in [5, 5.41) is 7.95. The van der Waals surface area contributed by atoms with Crippen LogP contribution in [0.4, 0.5) is 0 Å². The van der Waals surface area contributed by atoms with Gasteiger partial charge in [-0.15, -0.1) is 35.3 Å². The molecule has 0 aromatic carbocycles. The van der Waals surface area contributed by atoms with Crippen molar-refractivity contribution in [1.29, 1.82) is 0 Å². The molecule has 5 nitrogen and oxygen atoms in total. The second-order valence-electron chi connectivity index (χ2n) is 7.71. The lowest BCUT2D eigenvalue weighted by Gasteiger charge is -2.34.